The van der Waals surface area contributed by atoms with Gasteiger partial charge in [0.1, 0.15) is 5.36 Å². The van der Waals surface area contributed by atoms with Gasteiger partial charge in [-0.3, -0.25) is 4.99 Å². The van der Waals surface area contributed by atoms with Crippen molar-refractivity contribution in [3.63, 3.8) is 0 Å². The summed E-state index contributed by atoms with van der Waals surface area (Å²) in [6.07, 6.45) is 2.16. The summed E-state index contributed by atoms with van der Waals surface area (Å²) in [5.74, 6) is 0.486. The fourth-order valence-electron chi connectivity index (χ4n) is 2.78. The average molecular weight is 260 g/mol. The molecule has 0 radical (unpaired) electrons. The predicted octanol–water partition coefficient (Wildman–Crippen LogP) is 0.211. The van der Waals surface area contributed by atoms with Crippen LogP contribution in [-0.4, -0.2) is 37.3 Å². The number of fused-ring (bicyclic) bond motifs is 4. The number of nitrogens with zero attached hydrogens (tertiary/aromatic N) is 4. The van der Waals surface area contributed by atoms with Crippen LogP contribution in [0.1, 0.15) is 12.0 Å². The summed E-state index contributed by atoms with van der Waals surface area (Å²) in [6, 6.07) is 2.07. The van der Waals surface area contributed by atoms with Crippen LogP contribution in [0.25, 0.3) is 5.83 Å². The number of hydrogen-bond donors (Lipinski definition) is 0. The number of rotatable bonds is 0. The molecule has 1 atom stereocenters. The summed E-state index contributed by atoms with van der Waals surface area (Å²) in [7, 11) is 0. The van der Waals surface area contributed by atoms with Crippen molar-refractivity contribution >= 4 is 11.6 Å². The molecule has 0 N–H and O–H groups in total. The van der Waals surface area contributed by atoms with Crippen molar-refractivity contribution < 1.29 is 9.13 Å². The van der Waals surface area contributed by atoms with Gasteiger partial charge in [0.15, 0.2) is 17.1 Å². The normalized spacial score (nSPS) is 24.4. The van der Waals surface area contributed by atoms with Crippen molar-refractivity contribution in [3.8, 4) is 0 Å². The second kappa shape index (κ2) is 4.09. The molecule has 1 aromatic rings. The van der Waals surface area contributed by atoms with E-state index in [2.05, 4.69) is 19.9 Å². The molecule has 0 aliphatic carbocycles. The van der Waals surface area contributed by atoms with Crippen molar-refractivity contribution in [1.82, 2.24) is 4.98 Å². The van der Waals surface area contributed by atoms with Crippen molar-refractivity contribution in [2.45, 2.75) is 12.5 Å². The van der Waals surface area contributed by atoms with Crippen LogP contribution in [0.15, 0.2) is 22.3 Å². The second-order valence-electron chi connectivity index (χ2n) is 4.90. The lowest BCUT2D eigenvalue weighted by Crippen LogP contribution is -2.47. The lowest BCUT2D eigenvalue weighted by Gasteiger charge is -2.35. The largest absolute Gasteiger partial charge is 0.377 e. The Morgan fingerprint density at radius 2 is 2.37 bits per heavy atom. The Labute approximate surface area is 109 Å². The first-order chi connectivity index (χ1) is 9.33. The number of anilines is 1. The molecule has 6 heteroatoms. The van der Waals surface area contributed by atoms with Gasteiger partial charge >= 0.3 is 0 Å². The van der Waals surface area contributed by atoms with Gasteiger partial charge in [0, 0.05) is 13.1 Å². The number of aromatic nitrogens is 1. The van der Waals surface area contributed by atoms with E-state index in [1.807, 2.05) is 0 Å². The van der Waals surface area contributed by atoms with Gasteiger partial charge < -0.3 is 9.64 Å². The highest BCUT2D eigenvalue weighted by Crippen LogP contribution is 2.20. The van der Waals surface area contributed by atoms with E-state index >= 15 is 0 Å². The van der Waals surface area contributed by atoms with Crippen molar-refractivity contribution in [3.05, 3.63) is 28.7 Å². The standard InChI is InChI=1S/C13H13FN4O/c14-10-6-16-12-9(10)5-11-13(17-12)18-3-4-19-7-8(18)1-2-15-11/h5-6,8H,1-4,7H2/t8-/m1/s1. The first-order valence-corrected chi connectivity index (χ1v) is 6.47. The van der Waals surface area contributed by atoms with Crippen LogP contribution in [-0.2, 0) is 4.74 Å². The molecule has 0 amide bonds. The zero-order valence-corrected chi connectivity index (χ0v) is 10.3. The van der Waals surface area contributed by atoms with E-state index in [4.69, 9.17) is 4.74 Å². The topological polar surface area (TPSA) is 50.1 Å². The summed E-state index contributed by atoms with van der Waals surface area (Å²) >= 11 is 0. The minimum Gasteiger partial charge on any atom is -0.377 e. The molecular weight excluding hydrogens is 247 g/mol. The van der Waals surface area contributed by atoms with Crippen LogP contribution in [0.5, 0.6) is 0 Å². The zero-order valence-electron chi connectivity index (χ0n) is 10.3. The van der Waals surface area contributed by atoms with Crippen LogP contribution >= 0.6 is 0 Å². The van der Waals surface area contributed by atoms with Crippen molar-refractivity contribution in [1.29, 1.82) is 0 Å². The van der Waals surface area contributed by atoms with Gasteiger partial charge in [0.2, 0.25) is 0 Å². The summed E-state index contributed by atoms with van der Waals surface area (Å²) in [5.41, 5.74) is 0.910. The van der Waals surface area contributed by atoms with E-state index in [1.165, 1.54) is 6.20 Å². The van der Waals surface area contributed by atoms with Gasteiger partial charge in [0.05, 0.1) is 31.0 Å². The number of hydrogen-bond acceptors (Lipinski definition) is 5. The van der Waals surface area contributed by atoms with E-state index in [9.17, 15) is 4.39 Å². The summed E-state index contributed by atoms with van der Waals surface area (Å²) in [6.45, 7) is 2.92. The zero-order chi connectivity index (χ0) is 12.8. The monoisotopic (exact) mass is 260 g/mol. The molecule has 98 valence electrons. The molecular formula is C13H13FN4O. The Bertz CT molecular complexity index is 685. The lowest BCUT2D eigenvalue weighted by molar-refractivity contribution is 0.0923. The number of halogens is 1. The van der Waals surface area contributed by atoms with Crippen LogP contribution in [0.2, 0.25) is 0 Å². The van der Waals surface area contributed by atoms with Crippen LogP contribution < -0.4 is 15.7 Å². The van der Waals surface area contributed by atoms with Crippen LogP contribution in [0, 0.1) is 0 Å². The highest BCUT2D eigenvalue weighted by molar-refractivity contribution is 5.61. The minimum atomic E-state index is -0.330. The molecule has 1 fully saturated rings. The Morgan fingerprint density at radius 3 is 3.32 bits per heavy atom. The molecule has 0 saturated carbocycles. The molecule has 4 heterocycles. The number of morpholine rings is 1. The van der Waals surface area contributed by atoms with E-state index in [-0.39, 0.29) is 5.83 Å². The summed E-state index contributed by atoms with van der Waals surface area (Å²) < 4.78 is 19.1. The number of pyridine rings is 1. The molecule has 1 aromatic heterocycles. The molecule has 5 nitrogen and oxygen atoms in total. The maximum Gasteiger partial charge on any atom is 0.164 e. The fourth-order valence-corrected chi connectivity index (χ4v) is 2.78. The predicted molar refractivity (Wildman–Crippen MR) is 67.1 cm³/mol. The van der Waals surface area contributed by atoms with Gasteiger partial charge in [0.25, 0.3) is 0 Å². The highest BCUT2D eigenvalue weighted by atomic mass is 19.1. The van der Waals surface area contributed by atoms with Crippen molar-refractivity contribution in [2.75, 3.05) is 31.2 Å². The molecule has 19 heavy (non-hydrogen) atoms. The maximum atomic E-state index is 13.6. The van der Waals surface area contributed by atoms with E-state index < -0.39 is 0 Å². The van der Waals surface area contributed by atoms with Gasteiger partial charge in [-0.2, -0.15) is 0 Å². The molecule has 3 aliphatic rings. The first-order valence-electron chi connectivity index (χ1n) is 6.47. The molecule has 0 unspecified atom stereocenters. The maximum absolute atomic E-state index is 13.6. The third-order valence-electron chi connectivity index (χ3n) is 3.76. The van der Waals surface area contributed by atoms with Gasteiger partial charge in [-0.25, -0.2) is 14.4 Å². The van der Waals surface area contributed by atoms with E-state index in [0.717, 1.165) is 30.7 Å². The first kappa shape index (κ1) is 11.0. The second-order valence-corrected chi connectivity index (χ2v) is 4.90. The van der Waals surface area contributed by atoms with E-state index in [0.29, 0.717) is 30.3 Å². The lowest BCUT2D eigenvalue weighted by atomic mass is 10.1. The van der Waals surface area contributed by atoms with Gasteiger partial charge in [-0.05, 0) is 12.5 Å². The molecule has 0 spiro atoms. The van der Waals surface area contributed by atoms with Crippen LogP contribution in [0.3, 0.4) is 0 Å². The smallest absolute Gasteiger partial charge is 0.164 e. The highest BCUT2D eigenvalue weighted by Gasteiger charge is 2.28. The molecule has 0 aromatic carbocycles. The third kappa shape index (κ3) is 1.67. The SMILES string of the molecule is FC1=CN=c2nc3c(cc21)=NCC[C@@H]1COCCN31. The minimum absolute atomic E-state index is 0.309. The van der Waals surface area contributed by atoms with Gasteiger partial charge in [-0.15, -0.1) is 0 Å². The Kier molecular flexibility index (Phi) is 2.38. The average Bonchev–Trinajstić information content (AvgIpc) is 2.70. The molecule has 3 aliphatic heterocycles. The van der Waals surface area contributed by atoms with Crippen molar-refractivity contribution in [2.24, 2.45) is 9.98 Å². The summed E-state index contributed by atoms with van der Waals surface area (Å²) in [4.78, 5) is 15.3. The van der Waals surface area contributed by atoms with Crippen LogP contribution in [0.4, 0.5) is 10.2 Å². The number of ether oxygens (including phenoxy) is 1. The fraction of sp³-hybridized carbons (Fsp3) is 0.462. The van der Waals surface area contributed by atoms with Gasteiger partial charge in [-0.1, -0.05) is 0 Å². The molecule has 1 saturated heterocycles. The molecule has 0 bridgehead atoms. The third-order valence-corrected chi connectivity index (χ3v) is 3.76. The van der Waals surface area contributed by atoms with E-state index in [1.54, 1.807) is 6.07 Å². The Hall–Kier alpha value is -1.82. The summed E-state index contributed by atoms with van der Waals surface area (Å²) in [5, 5.41) is 0.767. The quantitative estimate of drug-likeness (QED) is 0.670. The Morgan fingerprint density at radius 1 is 1.42 bits per heavy atom. The molecule has 4 rings (SSSR count). The Balaban J connectivity index is 1.90.